The van der Waals surface area contributed by atoms with E-state index in [4.69, 9.17) is 4.74 Å². The predicted molar refractivity (Wildman–Crippen MR) is 93.5 cm³/mol. The van der Waals surface area contributed by atoms with E-state index in [0.29, 0.717) is 32.2 Å². The maximum atomic E-state index is 11.0. The third-order valence-corrected chi connectivity index (χ3v) is 3.79. The lowest BCUT2D eigenvalue weighted by Gasteiger charge is -2.22. The first-order valence-corrected chi connectivity index (χ1v) is 9.27. The second kappa shape index (κ2) is 9.36. The molecule has 0 aliphatic rings. The minimum atomic E-state index is -3.16. The van der Waals surface area contributed by atoms with Gasteiger partial charge in [0.05, 0.1) is 12.8 Å². The topological polar surface area (TPSA) is 83.0 Å². The van der Waals surface area contributed by atoms with Gasteiger partial charge in [-0.2, -0.15) is 0 Å². The Morgan fingerprint density at radius 1 is 1.26 bits per heavy atom. The third kappa shape index (κ3) is 8.41. The second-order valence-corrected chi connectivity index (χ2v) is 7.06. The van der Waals surface area contributed by atoms with Crippen molar-refractivity contribution in [3.8, 4) is 5.75 Å². The summed E-state index contributed by atoms with van der Waals surface area (Å²) in [7, 11) is 0.424. The van der Waals surface area contributed by atoms with Crippen LogP contribution in [0.2, 0.25) is 0 Å². The number of guanidine groups is 1. The summed E-state index contributed by atoms with van der Waals surface area (Å²) in [6, 6.07) is 7.90. The Bertz CT molecular complexity index is 600. The van der Waals surface area contributed by atoms with Crippen LogP contribution in [0.1, 0.15) is 5.56 Å². The van der Waals surface area contributed by atoms with E-state index in [-0.39, 0.29) is 0 Å². The molecule has 0 fully saturated rings. The molecule has 0 heterocycles. The van der Waals surface area contributed by atoms with Crippen LogP contribution < -0.4 is 14.8 Å². The molecule has 23 heavy (non-hydrogen) atoms. The molecule has 0 bridgehead atoms. The molecule has 0 radical (unpaired) electrons. The van der Waals surface area contributed by atoms with Crippen molar-refractivity contribution in [3.63, 3.8) is 0 Å². The van der Waals surface area contributed by atoms with Crippen molar-refractivity contribution < 1.29 is 13.2 Å². The summed E-state index contributed by atoms with van der Waals surface area (Å²) in [6.45, 7) is 4.00. The van der Waals surface area contributed by atoms with E-state index in [9.17, 15) is 8.42 Å². The Balaban J connectivity index is 2.30. The van der Waals surface area contributed by atoms with Crippen molar-refractivity contribution in [1.29, 1.82) is 0 Å². The number of nitrogens with zero attached hydrogens (tertiary/aromatic N) is 2. The molecular formula is C15H26N4O3S. The summed E-state index contributed by atoms with van der Waals surface area (Å²) in [5.41, 5.74) is 1.20. The number of hydrogen-bond acceptors (Lipinski definition) is 4. The fourth-order valence-electron chi connectivity index (χ4n) is 1.84. The lowest BCUT2D eigenvalue weighted by molar-refractivity contribution is 0.281. The first-order valence-electron chi connectivity index (χ1n) is 7.37. The standard InChI is InChI=1S/C15H26N4O3S/c1-13-5-7-14(8-6-13)22-12-11-19(3)15(16-2)17-9-10-18-23(4,20)21/h5-8,18H,9-12H2,1-4H3,(H,16,17). The smallest absolute Gasteiger partial charge is 0.208 e. The molecule has 0 aliphatic carbocycles. The zero-order valence-corrected chi connectivity index (χ0v) is 15.0. The molecule has 0 spiro atoms. The van der Waals surface area contributed by atoms with Crippen LogP contribution in [0, 0.1) is 6.92 Å². The summed E-state index contributed by atoms with van der Waals surface area (Å²) in [6.07, 6.45) is 1.14. The molecule has 0 aliphatic heterocycles. The van der Waals surface area contributed by atoms with E-state index in [1.54, 1.807) is 7.05 Å². The van der Waals surface area contributed by atoms with Crippen molar-refractivity contribution in [2.75, 3.05) is 46.6 Å². The van der Waals surface area contributed by atoms with Gasteiger partial charge in [-0.1, -0.05) is 17.7 Å². The Kier molecular flexibility index (Phi) is 7.84. The van der Waals surface area contributed by atoms with Crippen LogP contribution in [0.4, 0.5) is 0 Å². The van der Waals surface area contributed by atoms with Gasteiger partial charge in [0, 0.05) is 27.2 Å². The minimum Gasteiger partial charge on any atom is -0.492 e. The zero-order valence-electron chi connectivity index (χ0n) is 14.2. The SMILES string of the molecule is CN=C(NCCNS(C)(=O)=O)N(C)CCOc1ccc(C)cc1. The van der Waals surface area contributed by atoms with E-state index in [1.165, 1.54) is 5.56 Å². The van der Waals surface area contributed by atoms with Crippen LogP contribution in [0.3, 0.4) is 0 Å². The number of aliphatic imine (C=N–C) groups is 1. The normalized spacial score (nSPS) is 12.1. The van der Waals surface area contributed by atoms with E-state index >= 15 is 0 Å². The summed E-state index contributed by atoms with van der Waals surface area (Å²) in [5, 5.41) is 3.09. The molecule has 1 aromatic carbocycles. The van der Waals surface area contributed by atoms with Gasteiger partial charge in [-0.15, -0.1) is 0 Å². The van der Waals surface area contributed by atoms with Crippen LogP contribution >= 0.6 is 0 Å². The van der Waals surface area contributed by atoms with Gasteiger partial charge >= 0.3 is 0 Å². The van der Waals surface area contributed by atoms with E-state index in [2.05, 4.69) is 15.0 Å². The fourth-order valence-corrected chi connectivity index (χ4v) is 2.31. The van der Waals surface area contributed by atoms with Gasteiger partial charge in [-0.25, -0.2) is 13.1 Å². The Morgan fingerprint density at radius 2 is 1.91 bits per heavy atom. The monoisotopic (exact) mass is 342 g/mol. The Labute approximate surface area is 138 Å². The van der Waals surface area contributed by atoms with Gasteiger partial charge in [0.1, 0.15) is 12.4 Å². The average Bonchev–Trinajstić information content (AvgIpc) is 2.48. The molecule has 0 unspecified atom stereocenters. The van der Waals surface area contributed by atoms with Crippen molar-refractivity contribution in [2.45, 2.75) is 6.92 Å². The van der Waals surface area contributed by atoms with Gasteiger partial charge in [0.15, 0.2) is 5.96 Å². The quantitative estimate of drug-likeness (QED) is 0.407. The average molecular weight is 342 g/mol. The van der Waals surface area contributed by atoms with Gasteiger partial charge in [-0.05, 0) is 19.1 Å². The highest BCUT2D eigenvalue weighted by Gasteiger charge is 2.06. The molecule has 1 rings (SSSR count). The van der Waals surface area contributed by atoms with Crippen LogP contribution in [-0.4, -0.2) is 65.9 Å². The molecule has 0 saturated heterocycles. The van der Waals surface area contributed by atoms with Crippen LogP contribution in [-0.2, 0) is 10.0 Å². The van der Waals surface area contributed by atoms with Crippen molar-refractivity contribution in [2.24, 2.45) is 4.99 Å². The number of sulfonamides is 1. The largest absolute Gasteiger partial charge is 0.492 e. The van der Waals surface area contributed by atoms with Crippen LogP contribution in [0.25, 0.3) is 0 Å². The number of benzene rings is 1. The highest BCUT2D eigenvalue weighted by atomic mass is 32.2. The fraction of sp³-hybridized carbons (Fsp3) is 0.533. The van der Waals surface area contributed by atoms with Crippen LogP contribution in [0.5, 0.6) is 5.75 Å². The molecule has 1 aromatic rings. The van der Waals surface area contributed by atoms with Crippen molar-refractivity contribution in [3.05, 3.63) is 29.8 Å². The zero-order chi connectivity index (χ0) is 17.3. The van der Waals surface area contributed by atoms with E-state index in [0.717, 1.165) is 12.0 Å². The van der Waals surface area contributed by atoms with Crippen molar-refractivity contribution in [1.82, 2.24) is 14.9 Å². The lowest BCUT2D eigenvalue weighted by Crippen LogP contribution is -2.43. The maximum absolute atomic E-state index is 11.0. The first kappa shape index (κ1) is 19.2. The minimum absolute atomic E-state index is 0.311. The molecule has 0 aromatic heterocycles. The summed E-state index contributed by atoms with van der Waals surface area (Å²) < 4.78 is 30.1. The Hall–Kier alpha value is -1.80. The number of hydrogen-bond donors (Lipinski definition) is 2. The van der Waals surface area contributed by atoms with Gasteiger partial charge in [0.2, 0.25) is 10.0 Å². The second-order valence-electron chi connectivity index (χ2n) is 5.22. The van der Waals surface area contributed by atoms with E-state index < -0.39 is 10.0 Å². The molecule has 2 N–H and O–H groups in total. The number of likely N-dealkylation sites (N-methyl/N-ethyl adjacent to an activating group) is 1. The number of aryl methyl sites for hydroxylation is 1. The summed E-state index contributed by atoms with van der Waals surface area (Å²) in [5.74, 6) is 1.53. The summed E-state index contributed by atoms with van der Waals surface area (Å²) in [4.78, 5) is 6.08. The third-order valence-electron chi connectivity index (χ3n) is 3.06. The summed E-state index contributed by atoms with van der Waals surface area (Å²) >= 11 is 0. The predicted octanol–water partition coefficient (Wildman–Crippen LogP) is 0.430. The number of rotatable bonds is 8. The van der Waals surface area contributed by atoms with Gasteiger partial charge in [-0.3, -0.25) is 4.99 Å². The van der Waals surface area contributed by atoms with Crippen molar-refractivity contribution >= 4 is 16.0 Å². The first-order chi connectivity index (χ1) is 10.8. The molecule has 0 atom stereocenters. The Morgan fingerprint density at radius 3 is 2.48 bits per heavy atom. The van der Waals surface area contributed by atoms with Crippen LogP contribution in [0.15, 0.2) is 29.3 Å². The maximum Gasteiger partial charge on any atom is 0.208 e. The van der Waals surface area contributed by atoms with Gasteiger partial charge < -0.3 is 15.0 Å². The lowest BCUT2D eigenvalue weighted by atomic mass is 10.2. The highest BCUT2D eigenvalue weighted by Crippen LogP contribution is 2.10. The molecule has 0 saturated carbocycles. The number of ether oxygens (including phenoxy) is 1. The molecule has 7 nitrogen and oxygen atoms in total. The van der Waals surface area contributed by atoms with Gasteiger partial charge in [0.25, 0.3) is 0 Å². The molecule has 8 heteroatoms. The van der Waals surface area contributed by atoms with E-state index in [1.807, 2.05) is 43.1 Å². The molecular weight excluding hydrogens is 316 g/mol. The highest BCUT2D eigenvalue weighted by molar-refractivity contribution is 7.88. The molecule has 130 valence electrons. The molecule has 0 amide bonds. The number of nitrogens with one attached hydrogen (secondary N) is 2.